The molecule has 0 saturated carbocycles. The van der Waals surface area contributed by atoms with Crippen molar-refractivity contribution in [2.75, 3.05) is 0 Å². The summed E-state index contributed by atoms with van der Waals surface area (Å²) in [5.74, 6) is 0.518. The summed E-state index contributed by atoms with van der Waals surface area (Å²) in [5, 5.41) is 2.73. The number of oxazole rings is 1. The monoisotopic (exact) mass is 324 g/mol. The molecule has 19 heavy (non-hydrogen) atoms. The lowest BCUT2D eigenvalue weighted by atomic mass is 10.2. The summed E-state index contributed by atoms with van der Waals surface area (Å²) < 4.78 is 5.39. The molecule has 0 bridgehead atoms. The number of aromatic nitrogens is 3. The van der Waals surface area contributed by atoms with Gasteiger partial charge in [0.25, 0.3) is 5.91 Å². The highest BCUT2D eigenvalue weighted by molar-refractivity contribution is 9.10. The van der Waals surface area contributed by atoms with Gasteiger partial charge in [0.2, 0.25) is 0 Å². The number of hydrogen-bond acceptors (Lipinski definition) is 5. The van der Waals surface area contributed by atoms with E-state index >= 15 is 0 Å². The van der Waals surface area contributed by atoms with Crippen molar-refractivity contribution >= 4 is 21.8 Å². The van der Waals surface area contributed by atoms with Gasteiger partial charge in [-0.1, -0.05) is 13.8 Å². The second-order valence-corrected chi connectivity index (χ2v) is 5.10. The molecule has 1 N–H and O–H groups in total. The largest absolute Gasteiger partial charge is 0.451 e. The number of carbonyl (C=O) groups excluding carboxylic acids is 1. The van der Waals surface area contributed by atoms with Gasteiger partial charge in [-0.05, 0) is 15.9 Å². The van der Waals surface area contributed by atoms with Gasteiger partial charge in [0.1, 0.15) is 17.8 Å². The smallest absolute Gasteiger partial charge is 0.271 e. The van der Waals surface area contributed by atoms with E-state index in [1.165, 1.54) is 12.7 Å². The Hall–Kier alpha value is -1.76. The number of amides is 1. The van der Waals surface area contributed by atoms with E-state index in [9.17, 15) is 4.79 Å². The molecule has 2 heterocycles. The Morgan fingerprint density at radius 2 is 2.26 bits per heavy atom. The van der Waals surface area contributed by atoms with Gasteiger partial charge in [-0.2, -0.15) is 0 Å². The lowest BCUT2D eigenvalue weighted by Gasteiger charge is -2.08. The highest BCUT2D eigenvalue weighted by Crippen LogP contribution is 2.16. The molecule has 0 aliphatic heterocycles. The maximum Gasteiger partial charge on any atom is 0.271 e. The Bertz CT molecular complexity index is 569. The fourth-order valence-electron chi connectivity index (χ4n) is 1.40. The van der Waals surface area contributed by atoms with Gasteiger partial charge >= 0.3 is 0 Å². The van der Waals surface area contributed by atoms with E-state index in [0.29, 0.717) is 28.2 Å². The normalized spacial score (nSPS) is 10.7. The minimum absolute atomic E-state index is 0.162. The van der Waals surface area contributed by atoms with E-state index in [-0.39, 0.29) is 11.8 Å². The third-order valence-corrected chi connectivity index (χ3v) is 2.99. The molecule has 0 fully saturated rings. The van der Waals surface area contributed by atoms with Gasteiger partial charge in [-0.3, -0.25) is 4.79 Å². The number of rotatable bonds is 4. The van der Waals surface area contributed by atoms with Crippen LogP contribution in [0.4, 0.5) is 0 Å². The van der Waals surface area contributed by atoms with Crippen molar-refractivity contribution in [3.05, 3.63) is 40.5 Å². The first-order valence-corrected chi connectivity index (χ1v) is 6.55. The van der Waals surface area contributed by atoms with Crippen LogP contribution in [0.2, 0.25) is 0 Å². The van der Waals surface area contributed by atoms with Crippen LogP contribution < -0.4 is 5.32 Å². The minimum Gasteiger partial charge on any atom is -0.451 e. The average Bonchev–Trinajstić information content (AvgIpc) is 2.89. The molecule has 0 spiro atoms. The van der Waals surface area contributed by atoms with Crippen molar-refractivity contribution in [3.63, 3.8) is 0 Å². The van der Waals surface area contributed by atoms with E-state index in [2.05, 4.69) is 36.2 Å². The van der Waals surface area contributed by atoms with Gasteiger partial charge in [0.05, 0.1) is 16.7 Å². The Labute approximate surface area is 118 Å². The van der Waals surface area contributed by atoms with Gasteiger partial charge < -0.3 is 9.73 Å². The predicted octanol–water partition coefficient (Wildman–Crippen LogP) is 2.28. The molecule has 0 aliphatic carbocycles. The van der Waals surface area contributed by atoms with Crippen LogP contribution >= 0.6 is 15.9 Å². The zero-order valence-electron chi connectivity index (χ0n) is 10.6. The molecule has 2 aromatic rings. The maximum absolute atomic E-state index is 12.0. The highest BCUT2D eigenvalue weighted by atomic mass is 79.9. The van der Waals surface area contributed by atoms with Crippen molar-refractivity contribution in [1.29, 1.82) is 0 Å². The molecule has 2 rings (SSSR count). The van der Waals surface area contributed by atoms with E-state index in [4.69, 9.17) is 4.42 Å². The van der Waals surface area contributed by atoms with Gasteiger partial charge in [0, 0.05) is 12.1 Å². The minimum atomic E-state index is -0.279. The molecular formula is C12H13BrN4O2. The van der Waals surface area contributed by atoms with Crippen LogP contribution in [-0.2, 0) is 6.54 Å². The quantitative estimate of drug-likeness (QED) is 0.933. The molecular weight excluding hydrogens is 312 g/mol. The van der Waals surface area contributed by atoms with Crippen LogP contribution in [0.15, 0.2) is 27.7 Å². The summed E-state index contributed by atoms with van der Waals surface area (Å²) in [6.45, 7) is 4.24. The second-order valence-electron chi connectivity index (χ2n) is 4.24. The van der Waals surface area contributed by atoms with Crippen LogP contribution in [0, 0.1) is 0 Å². The molecule has 7 heteroatoms. The lowest BCUT2D eigenvalue weighted by molar-refractivity contribution is 0.0944. The predicted molar refractivity (Wildman–Crippen MR) is 71.5 cm³/mol. The summed E-state index contributed by atoms with van der Waals surface area (Å²) in [7, 11) is 0. The average molecular weight is 325 g/mol. The molecule has 0 aromatic carbocycles. The molecule has 0 aliphatic rings. The van der Waals surface area contributed by atoms with Crippen LogP contribution in [0.5, 0.6) is 0 Å². The zero-order valence-corrected chi connectivity index (χ0v) is 12.1. The zero-order chi connectivity index (χ0) is 13.8. The van der Waals surface area contributed by atoms with Crippen molar-refractivity contribution < 1.29 is 9.21 Å². The summed E-state index contributed by atoms with van der Waals surface area (Å²) in [6.07, 6.45) is 4.39. The molecule has 0 unspecified atom stereocenters. The fraction of sp³-hybridized carbons (Fsp3) is 0.333. The topological polar surface area (TPSA) is 80.9 Å². The van der Waals surface area contributed by atoms with E-state index < -0.39 is 0 Å². The van der Waals surface area contributed by atoms with Crippen molar-refractivity contribution in [2.24, 2.45) is 0 Å². The molecule has 0 atom stereocenters. The molecule has 6 nitrogen and oxygen atoms in total. The SMILES string of the molecule is CC(C)c1ncc(Br)c(C(=O)NCc2cocn2)n1. The number of hydrogen-bond donors (Lipinski definition) is 1. The standard InChI is InChI=1S/C12H13BrN4O2/c1-7(2)11-14-4-9(13)10(17-11)12(18)15-3-8-5-19-6-16-8/h4-7H,3H2,1-2H3,(H,15,18). The van der Waals surface area contributed by atoms with Crippen LogP contribution in [-0.4, -0.2) is 20.9 Å². The van der Waals surface area contributed by atoms with Crippen molar-refractivity contribution in [3.8, 4) is 0 Å². The number of nitrogens with one attached hydrogen (secondary N) is 1. The summed E-state index contributed by atoms with van der Waals surface area (Å²) in [6, 6.07) is 0. The van der Waals surface area contributed by atoms with Crippen molar-refractivity contribution in [2.45, 2.75) is 26.3 Å². The number of carbonyl (C=O) groups is 1. The van der Waals surface area contributed by atoms with Gasteiger partial charge in [-0.15, -0.1) is 0 Å². The second kappa shape index (κ2) is 5.92. The Balaban J connectivity index is 2.11. The summed E-state index contributed by atoms with van der Waals surface area (Å²) in [5.41, 5.74) is 0.977. The molecule has 2 aromatic heterocycles. The Morgan fingerprint density at radius 1 is 1.47 bits per heavy atom. The first kappa shape index (κ1) is 13.7. The van der Waals surface area contributed by atoms with Crippen LogP contribution in [0.1, 0.15) is 41.8 Å². The third kappa shape index (κ3) is 3.37. The van der Waals surface area contributed by atoms with E-state index in [1.54, 1.807) is 6.20 Å². The summed E-state index contributed by atoms with van der Waals surface area (Å²) >= 11 is 3.28. The fourth-order valence-corrected chi connectivity index (χ4v) is 1.77. The van der Waals surface area contributed by atoms with Crippen LogP contribution in [0.25, 0.3) is 0 Å². The van der Waals surface area contributed by atoms with E-state index in [0.717, 1.165) is 0 Å². The Kier molecular flexibility index (Phi) is 4.26. The first-order valence-electron chi connectivity index (χ1n) is 5.75. The number of nitrogens with zero attached hydrogens (tertiary/aromatic N) is 3. The molecule has 100 valence electrons. The van der Waals surface area contributed by atoms with E-state index in [1.807, 2.05) is 13.8 Å². The molecule has 1 amide bonds. The molecule has 0 radical (unpaired) electrons. The Morgan fingerprint density at radius 3 is 2.89 bits per heavy atom. The van der Waals surface area contributed by atoms with Crippen LogP contribution in [0.3, 0.4) is 0 Å². The third-order valence-electron chi connectivity index (χ3n) is 2.41. The summed E-state index contributed by atoms with van der Waals surface area (Å²) in [4.78, 5) is 24.4. The van der Waals surface area contributed by atoms with Gasteiger partial charge in [-0.25, -0.2) is 15.0 Å². The van der Waals surface area contributed by atoms with Crippen molar-refractivity contribution in [1.82, 2.24) is 20.3 Å². The number of halogens is 1. The maximum atomic E-state index is 12.0. The van der Waals surface area contributed by atoms with Gasteiger partial charge in [0.15, 0.2) is 6.39 Å². The molecule has 0 saturated heterocycles. The highest BCUT2D eigenvalue weighted by Gasteiger charge is 2.15. The lowest BCUT2D eigenvalue weighted by Crippen LogP contribution is -2.25. The first-order chi connectivity index (χ1) is 9.08.